The van der Waals surface area contributed by atoms with Gasteiger partial charge >= 0.3 is 0 Å². The molecule has 0 spiro atoms. The first-order chi connectivity index (χ1) is 8.29. The summed E-state index contributed by atoms with van der Waals surface area (Å²) in [5.41, 5.74) is 7.90. The van der Waals surface area contributed by atoms with Crippen molar-refractivity contribution in [1.29, 1.82) is 0 Å². The average molecular weight is 235 g/mol. The Morgan fingerprint density at radius 2 is 2.12 bits per heavy atom. The van der Waals surface area contributed by atoms with Gasteiger partial charge in [-0.2, -0.15) is 0 Å². The Hall–Kier alpha value is -1.26. The van der Waals surface area contributed by atoms with Crippen LogP contribution in [0.15, 0.2) is 18.2 Å². The quantitative estimate of drug-likeness (QED) is 0.755. The molecule has 1 saturated heterocycles. The van der Waals surface area contributed by atoms with Gasteiger partial charge in [-0.3, -0.25) is 0 Å². The minimum Gasteiger partial charge on any atom is -0.495 e. The fourth-order valence-corrected chi connectivity index (χ4v) is 2.16. The standard InChI is InChI=1S/C13H21N3O/c1-17-13-3-2-11(10-12(13)14)4-7-16-8-5-15-6-9-16/h2-3,10,15H,4-9,14H2,1H3. The molecule has 2 rings (SSSR count). The maximum absolute atomic E-state index is 5.89. The van der Waals surface area contributed by atoms with E-state index < -0.39 is 0 Å². The molecule has 0 aliphatic carbocycles. The van der Waals surface area contributed by atoms with Gasteiger partial charge in [0.15, 0.2) is 0 Å². The minimum absolute atomic E-state index is 0.727. The Morgan fingerprint density at radius 3 is 2.76 bits per heavy atom. The molecular weight excluding hydrogens is 214 g/mol. The van der Waals surface area contributed by atoms with Crippen molar-refractivity contribution < 1.29 is 4.74 Å². The lowest BCUT2D eigenvalue weighted by Crippen LogP contribution is -2.44. The highest BCUT2D eigenvalue weighted by atomic mass is 16.5. The van der Waals surface area contributed by atoms with Gasteiger partial charge in [0.25, 0.3) is 0 Å². The molecule has 1 aliphatic heterocycles. The molecule has 17 heavy (non-hydrogen) atoms. The lowest BCUT2D eigenvalue weighted by molar-refractivity contribution is 0.244. The van der Waals surface area contributed by atoms with Gasteiger partial charge in [-0.25, -0.2) is 0 Å². The fraction of sp³-hybridized carbons (Fsp3) is 0.538. The molecule has 1 aromatic rings. The molecule has 4 nitrogen and oxygen atoms in total. The Kier molecular flexibility index (Phi) is 4.23. The Bertz CT molecular complexity index is 362. The van der Waals surface area contributed by atoms with E-state index in [2.05, 4.69) is 16.3 Å². The van der Waals surface area contributed by atoms with Crippen molar-refractivity contribution in [2.45, 2.75) is 6.42 Å². The van der Waals surface area contributed by atoms with Crippen LogP contribution in [0.5, 0.6) is 5.75 Å². The molecule has 1 aromatic carbocycles. The van der Waals surface area contributed by atoms with Crippen molar-refractivity contribution >= 4 is 5.69 Å². The van der Waals surface area contributed by atoms with Crippen LogP contribution in [0.2, 0.25) is 0 Å². The van der Waals surface area contributed by atoms with Crippen LogP contribution in [0, 0.1) is 0 Å². The molecule has 3 N–H and O–H groups in total. The molecule has 0 unspecified atom stereocenters. The molecule has 0 amide bonds. The average Bonchev–Trinajstić information content (AvgIpc) is 2.38. The van der Waals surface area contributed by atoms with Crippen LogP contribution in [0.3, 0.4) is 0 Å². The molecular formula is C13H21N3O. The van der Waals surface area contributed by atoms with E-state index in [0.717, 1.165) is 50.6 Å². The predicted octanol–water partition coefficient (Wildman–Crippen LogP) is 0.725. The SMILES string of the molecule is COc1ccc(CCN2CCNCC2)cc1N. The van der Waals surface area contributed by atoms with Crippen LogP contribution < -0.4 is 15.8 Å². The summed E-state index contributed by atoms with van der Waals surface area (Å²) in [6.45, 7) is 5.60. The second kappa shape index (κ2) is 5.89. The first-order valence-electron chi connectivity index (χ1n) is 6.15. The molecule has 0 radical (unpaired) electrons. The largest absolute Gasteiger partial charge is 0.495 e. The molecule has 0 atom stereocenters. The number of ether oxygens (including phenoxy) is 1. The summed E-state index contributed by atoms with van der Waals surface area (Å²) in [6.07, 6.45) is 1.05. The molecule has 1 fully saturated rings. The van der Waals surface area contributed by atoms with Gasteiger partial charge in [-0.05, 0) is 24.1 Å². The minimum atomic E-state index is 0.727. The lowest BCUT2D eigenvalue weighted by atomic mass is 10.1. The topological polar surface area (TPSA) is 50.5 Å². The number of hydrogen-bond donors (Lipinski definition) is 2. The van der Waals surface area contributed by atoms with Crippen molar-refractivity contribution in [1.82, 2.24) is 10.2 Å². The highest BCUT2D eigenvalue weighted by Gasteiger charge is 2.09. The van der Waals surface area contributed by atoms with Crippen molar-refractivity contribution in [3.63, 3.8) is 0 Å². The molecule has 94 valence electrons. The van der Waals surface area contributed by atoms with Gasteiger partial charge < -0.3 is 20.7 Å². The number of benzene rings is 1. The lowest BCUT2D eigenvalue weighted by Gasteiger charge is -2.27. The monoisotopic (exact) mass is 235 g/mol. The van der Waals surface area contributed by atoms with E-state index in [1.165, 1.54) is 5.56 Å². The third kappa shape index (κ3) is 3.35. The third-order valence-corrected chi connectivity index (χ3v) is 3.22. The molecule has 0 aromatic heterocycles. The van der Waals surface area contributed by atoms with Gasteiger partial charge in [-0.15, -0.1) is 0 Å². The third-order valence-electron chi connectivity index (χ3n) is 3.22. The number of nitrogen functional groups attached to an aromatic ring is 1. The maximum atomic E-state index is 5.89. The van der Waals surface area contributed by atoms with Gasteiger partial charge in [0.1, 0.15) is 5.75 Å². The van der Waals surface area contributed by atoms with E-state index in [-0.39, 0.29) is 0 Å². The Labute approximate surface area is 103 Å². The van der Waals surface area contributed by atoms with Crippen molar-refractivity contribution in [2.24, 2.45) is 0 Å². The van der Waals surface area contributed by atoms with E-state index in [1.807, 2.05) is 12.1 Å². The molecule has 0 saturated carbocycles. The smallest absolute Gasteiger partial charge is 0.141 e. The summed E-state index contributed by atoms with van der Waals surface area (Å²) in [6, 6.07) is 6.06. The molecule has 4 heteroatoms. The van der Waals surface area contributed by atoms with Gasteiger partial charge in [0.05, 0.1) is 12.8 Å². The number of methoxy groups -OCH3 is 1. The number of piperazine rings is 1. The van der Waals surface area contributed by atoms with Gasteiger partial charge in [0, 0.05) is 32.7 Å². The van der Waals surface area contributed by atoms with Gasteiger partial charge in [-0.1, -0.05) is 6.07 Å². The van der Waals surface area contributed by atoms with Gasteiger partial charge in [0.2, 0.25) is 0 Å². The summed E-state index contributed by atoms with van der Waals surface area (Å²) in [7, 11) is 1.64. The van der Waals surface area contributed by atoms with E-state index in [4.69, 9.17) is 10.5 Å². The number of anilines is 1. The van der Waals surface area contributed by atoms with Crippen molar-refractivity contribution in [3.05, 3.63) is 23.8 Å². The zero-order chi connectivity index (χ0) is 12.1. The van der Waals surface area contributed by atoms with Crippen molar-refractivity contribution in [2.75, 3.05) is 45.6 Å². The maximum Gasteiger partial charge on any atom is 0.141 e. The number of nitrogens with two attached hydrogens (primary N) is 1. The number of rotatable bonds is 4. The number of nitrogens with one attached hydrogen (secondary N) is 1. The summed E-state index contributed by atoms with van der Waals surface area (Å²) < 4.78 is 5.15. The molecule has 1 heterocycles. The summed E-state index contributed by atoms with van der Waals surface area (Å²) in [5.74, 6) is 0.760. The van der Waals surface area contributed by atoms with Crippen LogP contribution >= 0.6 is 0 Å². The molecule has 0 bridgehead atoms. The number of nitrogens with zero attached hydrogens (tertiary/aromatic N) is 1. The zero-order valence-electron chi connectivity index (χ0n) is 10.4. The summed E-state index contributed by atoms with van der Waals surface area (Å²) >= 11 is 0. The molecule has 1 aliphatic rings. The van der Waals surface area contributed by atoms with E-state index >= 15 is 0 Å². The summed E-state index contributed by atoms with van der Waals surface area (Å²) in [5, 5.41) is 3.36. The highest BCUT2D eigenvalue weighted by molar-refractivity contribution is 5.54. The van der Waals surface area contributed by atoms with Crippen LogP contribution in [-0.4, -0.2) is 44.7 Å². The predicted molar refractivity (Wildman–Crippen MR) is 70.4 cm³/mol. The van der Waals surface area contributed by atoms with Crippen LogP contribution in [0.25, 0.3) is 0 Å². The van der Waals surface area contributed by atoms with E-state index in [9.17, 15) is 0 Å². The normalized spacial score (nSPS) is 17.0. The first-order valence-corrected chi connectivity index (χ1v) is 6.15. The second-order valence-corrected chi connectivity index (χ2v) is 4.42. The van der Waals surface area contributed by atoms with Crippen LogP contribution in [-0.2, 0) is 6.42 Å². The zero-order valence-corrected chi connectivity index (χ0v) is 10.4. The highest BCUT2D eigenvalue weighted by Crippen LogP contribution is 2.22. The van der Waals surface area contributed by atoms with Crippen LogP contribution in [0.4, 0.5) is 5.69 Å². The summed E-state index contributed by atoms with van der Waals surface area (Å²) in [4.78, 5) is 2.48. The van der Waals surface area contributed by atoms with Crippen LogP contribution in [0.1, 0.15) is 5.56 Å². The van der Waals surface area contributed by atoms with Crippen molar-refractivity contribution in [3.8, 4) is 5.75 Å². The second-order valence-electron chi connectivity index (χ2n) is 4.42. The Balaban J connectivity index is 1.87. The number of hydrogen-bond acceptors (Lipinski definition) is 4. The fourth-order valence-electron chi connectivity index (χ4n) is 2.16. The first kappa shape index (κ1) is 12.2. The van der Waals surface area contributed by atoms with E-state index in [0.29, 0.717) is 0 Å². The Morgan fingerprint density at radius 1 is 1.35 bits per heavy atom. The van der Waals surface area contributed by atoms with E-state index in [1.54, 1.807) is 7.11 Å².